The largest absolute Gasteiger partial charge is 0.316 e. The molecule has 2 heterocycles. The van der Waals surface area contributed by atoms with E-state index in [1.165, 1.54) is 38.7 Å². The fourth-order valence-electron chi connectivity index (χ4n) is 3.84. The molecule has 0 bridgehead atoms. The Balaban J connectivity index is 1.99. The van der Waals surface area contributed by atoms with Gasteiger partial charge in [0.05, 0.1) is 11.0 Å². The minimum absolute atomic E-state index is 0.141. The van der Waals surface area contributed by atoms with Crippen molar-refractivity contribution in [1.82, 2.24) is 4.40 Å². The lowest BCUT2D eigenvalue weighted by Crippen LogP contribution is -2.10. The first-order valence-electron chi connectivity index (χ1n) is 9.80. The number of benzene rings is 2. The summed E-state index contributed by atoms with van der Waals surface area (Å²) in [6.45, 7) is 13.6. The molecular formula is C26H29N. The zero-order valence-electron chi connectivity index (χ0n) is 17.3. The van der Waals surface area contributed by atoms with Crippen LogP contribution in [0.4, 0.5) is 0 Å². The van der Waals surface area contributed by atoms with Crippen LogP contribution in [-0.4, -0.2) is 4.40 Å². The highest BCUT2D eigenvalue weighted by atomic mass is 14.9. The van der Waals surface area contributed by atoms with E-state index in [1.807, 2.05) is 0 Å². The Labute approximate surface area is 162 Å². The van der Waals surface area contributed by atoms with Crippen LogP contribution in [0, 0.1) is 0 Å². The van der Waals surface area contributed by atoms with Gasteiger partial charge in [-0.3, -0.25) is 0 Å². The molecule has 0 fully saturated rings. The first kappa shape index (κ1) is 17.9. The van der Waals surface area contributed by atoms with Crippen molar-refractivity contribution in [3.05, 3.63) is 78.0 Å². The Morgan fingerprint density at radius 2 is 1.26 bits per heavy atom. The van der Waals surface area contributed by atoms with E-state index in [2.05, 4.69) is 113 Å². The number of aromatic nitrogens is 1. The van der Waals surface area contributed by atoms with Gasteiger partial charge in [0.15, 0.2) is 0 Å². The van der Waals surface area contributed by atoms with E-state index in [9.17, 15) is 0 Å². The first-order chi connectivity index (χ1) is 12.7. The molecule has 0 N–H and O–H groups in total. The smallest absolute Gasteiger partial charge is 0.0540 e. The fourth-order valence-corrected chi connectivity index (χ4v) is 3.84. The number of pyridine rings is 1. The molecule has 2 aromatic heterocycles. The molecule has 1 heteroatoms. The van der Waals surface area contributed by atoms with Crippen LogP contribution in [0.15, 0.2) is 66.9 Å². The molecule has 2 aromatic carbocycles. The molecule has 0 amide bonds. The van der Waals surface area contributed by atoms with E-state index >= 15 is 0 Å². The van der Waals surface area contributed by atoms with E-state index in [-0.39, 0.29) is 10.8 Å². The SMILES string of the molecule is CC(C)(C)c1ccc(-c2c3ccc(C(C)(C)C)cc3n3ccccc23)cc1. The molecule has 0 atom stereocenters. The number of rotatable bonds is 1. The molecule has 0 aliphatic heterocycles. The van der Waals surface area contributed by atoms with Crippen molar-refractivity contribution in [1.29, 1.82) is 0 Å². The standard InChI is InChI=1S/C26H29N/c1-25(2,3)19-12-10-18(11-13-19)24-21-15-14-20(26(4,5)6)17-23(21)27-16-8-7-9-22(24)27/h7-17H,1-6H3. The predicted molar refractivity (Wildman–Crippen MR) is 118 cm³/mol. The van der Waals surface area contributed by atoms with Crippen molar-refractivity contribution in [3.63, 3.8) is 0 Å². The topological polar surface area (TPSA) is 4.41 Å². The van der Waals surface area contributed by atoms with Crippen molar-refractivity contribution in [2.75, 3.05) is 0 Å². The molecule has 0 saturated heterocycles. The van der Waals surface area contributed by atoms with Crippen LogP contribution < -0.4 is 0 Å². The summed E-state index contributed by atoms with van der Waals surface area (Å²) in [5.41, 5.74) is 8.21. The van der Waals surface area contributed by atoms with Gasteiger partial charge in [-0.15, -0.1) is 0 Å². The van der Waals surface area contributed by atoms with E-state index in [1.54, 1.807) is 0 Å². The van der Waals surface area contributed by atoms with Gasteiger partial charge < -0.3 is 4.40 Å². The average molecular weight is 356 g/mol. The van der Waals surface area contributed by atoms with Crippen LogP contribution >= 0.6 is 0 Å². The number of hydrogen-bond acceptors (Lipinski definition) is 0. The maximum Gasteiger partial charge on any atom is 0.0540 e. The van der Waals surface area contributed by atoms with Gasteiger partial charge in [0, 0.05) is 17.1 Å². The third-order valence-corrected chi connectivity index (χ3v) is 5.55. The lowest BCUT2D eigenvalue weighted by molar-refractivity contribution is 0.590. The molecule has 0 saturated carbocycles. The summed E-state index contributed by atoms with van der Waals surface area (Å²) < 4.78 is 2.33. The number of fused-ring (bicyclic) bond motifs is 3. The molecule has 138 valence electrons. The van der Waals surface area contributed by atoms with E-state index in [4.69, 9.17) is 0 Å². The van der Waals surface area contributed by atoms with Gasteiger partial charge in [0.1, 0.15) is 0 Å². The lowest BCUT2D eigenvalue weighted by Gasteiger charge is -2.19. The minimum atomic E-state index is 0.141. The Bertz CT molecular complexity index is 1110. The highest BCUT2D eigenvalue weighted by Gasteiger charge is 2.19. The second-order valence-corrected chi connectivity index (χ2v) is 9.64. The van der Waals surface area contributed by atoms with Gasteiger partial charge >= 0.3 is 0 Å². The second-order valence-electron chi connectivity index (χ2n) is 9.64. The van der Waals surface area contributed by atoms with Crippen LogP contribution in [0.1, 0.15) is 52.7 Å². The zero-order valence-corrected chi connectivity index (χ0v) is 17.3. The van der Waals surface area contributed by atoms with Crippen LogP contribution in [0.2, 0.25) is 0 Å². The van der Waals surface area contributed by atoms with Gasteiger partial charge in [0.25, 0.3) is 0 Å². The summed E-state index contributed by atoms with van der Waals surface area (Å²) in [4.78, 5) is 0. The molecule has 4 rings (SSSR count). The molecule has 0 aliphatic rings. The fraction of sp³-hybridized carbons (Fsp3) is 0.308. The van der Waals surface area contributed by atoms with Crippen molar-refractivity contribution in [3.8, 4) is 11.1 Å². The number of nitrogens with zero attached hydrogens (tertiary/aromatic N) is 1. The van der Waals surface area contributed by atoms with Crippen molar-refractivity contribution >= 4 is 16.4 Å². The molecule has 4 aromatic rings. The second kappa shape index (κ2) is 5.99. The molecule has 0 aliphatic carbocycles. The van der Waals surface area contributed by atoms with Crippen LogP contribution in [0.3, 0.4) is 0 Å². The van der Waals surface area contributed by atoms with Gasteiger partial charge in [0.2, 0.25) is 0 Å². The van der Waals surface area contributed by atoms with Crippen LogP contribution in [-0.2, 0) is 10.8 Å². The Hall–Kier alpha value is -2.54. The Morgan fingerprint density at radius 1 is 0.630 bits per heavy atom. The van der Waals surface area contributed by atoms with Crippen molar-refractivity contribution in [2.24, 2.45) is 0 Å². The molecule has 0 unspecified atom stereocenters. The summed E-state index contributed by atoms with van der Waals surface area (Å²) in [6.07, 6.45) is 2.18. The molecule has 27 heavy (non-hydrogen) atoms. The lowest BCUT2D eigenvalue weighted by atomic mass is 9.85. The normalized spacial score (nSPS) is 12.8. The average Bonchev–Trinajstić information content (AvgIpc) is 2.94. The van der Waals surface area contributed by atoms with Gasteiger partial charge in [-0.05, 0) is 45.7 Å². The predicted octanol–water partition coefficient (Wildman–Crippen LogP) is 7.35. The van der Waals surface area contributed by atoms with E-state index < -0.39 is 0 Å². The highest BCUT2D eigenvalue weighted by Crippen LogP contribution is 2.38. The first-order valence-corrected chi connectivity index (χ1v) is 9.80. The summed E-state index contributed by atoms with van der Waals surface area (Å²) in [5, 5.41) is 1.32. The zero-order chi connectivity index (χ0) is 19.4. The van der Waals surface area contributed by atoms with Crippen LogP contribution in [0.5, 0.6) is 0 Å². The highest BCUT2D eigenvalue weighted by molar-refractivity contribution is 6.05. The quantitative estimate of drug-likeness (QED) is 0.336. The number of hydrogen-bond donors (Lipinski definition) is 0. The molecule has 1 nitrogen and oxygen atoms in total. The third-order valence-electron chi connectivity index (χ3n) is 5.55. The minimum Gasteiger partial charge on any atom is -0.316 e. The Morgan fingerprint density at radius 3 is 1.89 bits per heavy atom. The van der Waals surface area contributed by atoms with Gasteiger partial charge in [-0.25, -0.2) is 0 Å². The van der Waals surface area contributed by atoms with E-state index in [0.29, 0.717) is 0 Å². The van der Waals surface area contributed by atoms with Crippen molar-refractivity contribution < 1.29 is 0 Å². The van der Waals surface area contributed by atoms with Gasteiger partial charge in [-0.1, -0.05) is 84.0 Å². The van der Waals surface area contributed by atoms with E-state index in [0.717, 1.165) is 0 Å². The molecule has 0 spiro atoms. The summed E-state index contributed by atoms with van der Waals surface area (Å²) in [5.74, 6) is 0. The monoisotopic (exact) mass is 355 g/mol. The maximum atomic E-state index is 2.36. The third kappa shape index (κ3) is 3.06. The summed E-state index contributed by atoms with van der Waals surface area (Å²) >= 11 is 0. The van der Waals surface area contributed by atoms with Crippen LogP contribution in [0.25, 0.3) is 27.5 Å². The Kier molecular flexibility index (Phi) is 3.96. The summed E-state index contributed by atoms with van der Waals surface area (Å²) in [6, 6.07) is 22.5. The molecular weight excluding hydrogens is 326 g/mol. The molecule has 0 radical (unpaired) electrons. The summed E-state index contributed by atoms with van der Waals surface area (Å²) in [7, 11) is 0. The van der Waals surface area contributed by atoms with Gasteiger partial charge in [-0.2, -0.15) is 0 Å². The maximum absolute atomic E-state index is 2.36. The van der Waals surface area contributed by atoms with Crippen molar-refractivity contribution in [2.45, 2.75) is 52.4 Å².